The number of nitrogens with one attached hydrogen (secondary N) is 1. The molecule has 1 aromatic carbocycles. The standard InChI is InChI=1S/C17H23N3S/c1-12(2)15-9-5-8-14(17(15)19)11-16(21-4)20-13(3)7-6-10-18/h5,8-9,16,20H,1,3,6-7,11,19H2,2,4H3. The smallest absolute Gasteiger partial charge is 0.0758 e. The fourth-order valence-electron chi connectivity index (χ4n) is 2.06. The number of benzene rings is 1. The second kappa shape index (κ2) is 8.43. The van der Waals surface area contributed by atoms with E-state index >= 15 is 0 Å². The predicted octanol–water partition coefficient (Wildman–Crippen LogP) is 3.94. The lowest BCUT2D eigenvalue weighted by Gasteiger charge is -2.20. The van der Waals surface area contributed by atoms with Gasteiger partial charge in [0.1, 0.15) is 0 Å². The van der Waals surface area contributed by atoms with Gasteiger partial charge in [0.05, 0.1) is 11.4 Å². The number of nitrogen functional groups attached to an aromatic ring is 1. The first-order valence-electron chi connectivity index (χ1n) is 6.86. The summed E-state index contributed by atoms with van der Waals surface area (Å²) in [6.07, 6.45) is 4.02. The highest BCUT2D eigenvalue weighted by Gasteiger charge is 2.12. The maximum atomic E-state index is 8.61. The average Bonchev–Trinajstić information content (AvgIpc) is 2.46. The van der Waals surface area contributed by atoms with E-state index in [0.717, 1.165) is 34.5 Å². The fraction of sp³-hybridized carbons (Fsp3) is 0.353. The second-order valence-electron chi connectivity index (χ2n) is 4.99. The summed E-state index contributed by atoms with van der Waals surface area (Å²) in [5, 5.41) is 12.2. The lowest BCUT2D eigenvalue weighted by molar-refractivity contribution is 0.706. The minimum atomic E-state index is 0.193. The first-order chi connectivity index (χ1) is 9.99. The number of hydrogen-bond donors (Lipinski definition) is 2. The molecule has 21 heavy (non-hydrogen) atoms. The Morgan fingerprint density at radius 2 is 2.19 bits per heavy atom. The number of allylic oxidation sites excluding steroid dienone is 2. The normalized spacial score (nSPS) is 11.5. The molecule has 0 spiro atoms. The second-order valence-corrected chi connectivity index (χ2v) is 6.03. The van der Waals surface area contributed by atoms with Gasteiger partial charge in [-0.1, -0.05) is 31.4 Å². The Bertz CT molecular complexity index is 558. The van der Waals surface area contributed by atoms with E-state index in [-0.39, 0.29) is 5.37 Å². The number of anilines is 1. The van der Waals surface area contributed by atoms with E-state index in [9.17, 15) is 0 Å². The maximum absolute atomic E-state index is 8.61. The number of rotatable bonds is 8. The zero-order valence-corrected chi connectivity index (χ0v) is 13.6. The van der Waals surface area contributed by atoms with Gasteiger partial charge in [-0.2, -0.15) is 5.26 Å². The molecular weight excluding hydrogens is 278 g/mol. The number of para-hydroxylation sites is 1. The quantitative estimate of drug-likeness (QED) is 0.564. The first-order valence-corrected chi connectivity index (χ1v) is 8.15. The topological polar surface area (TPSA) is 61.8 Å². The van der Waals surface area contributed by atoms with Crippen molar-refractivity contribution in [1.29, 1.82) is 5.26 Å². The zero-order chi connectivity index (χ0) is 15.8. The van der Waals surface area contributed by atoms with E-state index in [2.05, 4.69) is 24.5 Å². The molecule has 4 heteroatoms. The SMILES string of the molecule is C=C(CCC#N)NC(Cc1cccc(C(=C)C)c1N)SC. The predicted molar refractivity (Wildman–Crippen MR) is 93.7 cm³/mol. The van der Waals surface area contributed by atoms with E-state index in [4.69, 9.17) is 11.0 Å². The van der Waals surface area contributed by atoms with Crippen molar-refractivity contribution in [3.05, 3.63) is 48.2 Å². The summed E-state index contributed by atoms with van der Waals surface area (Å²) in [5.41, 5.74) is 11.0. The molecule has 0 aliphatic carbocycles. The van der Waals surface area contributed by atoms with Crippen LogP contribution in [0.25, 0.3) is 5.57 Å². The monoisotopic (exact) mass is 301 g/mol. The van der Waals surface area contributed by atoms with Crippen LogP contribution in [0.5, 0.6) is 0 Å². The molecule has 1 atom stereocenters. The Hall–Kier alpha value is -1.86. The largest absolute Gasteiger partial charge is 0.398 e. The van der Waals surface area contributed by atoms with Gasteiger partial charge in [-0.3, -0.25) is 0 Å². The maximum Gasteiger partial charge on any atom is 0.0758 e. The molecule has 1 aromatic rings. The Morgan fingerprint density at radius 1 is 1.48 bits per heavy atom. The van der Waals surface area contributed by atoms with Gasteiger partial charge in [0.15, 0.2) is 0 Å². The van der Waals surface area contributed by atoms with Crippen molar-refractivity contribution in [3.8, 4) is 6.07 Å². The summed E-state index contributed by atoms with van der Waals surface area (Å²) in [6, 6.07) is 8.18. The molecule has 0 fully saturated rings. The molecule has 112 valence electrons. The van der Waals surface area contributed by atoms with Gasteiger partial charge >= 0.3 is 0 Å². The molecule has 1 unspecified atom stereocenters. The minimum absolute atomic E-state index is 0.193. The molecule has 0 amide bonds. The van der Waals surface area contributed by atoms with Crippen molar-refractivity contribution in [2.45, 2.75) is 31.6 Å². The zero-order valence-electron chi connectivity index (χ0n) is 12.8. The Labute approximate surface area is 131 Å². The van der Waals surface area contributed by atoms with Gasteiger partial charge in [-0.25, -0.2) is 0 Å². The van der Waals surface area contributed by atoms with Crippen molar-refractivity contribution in [3.63, 3.8) is 0 Å². The molecule has 0 bridgehead atoms. The van der Waals surface area contributed by atoms with E-state index in [1.165, 1.54) is 0 Å². The van der Waals surface area contributed by atoms with Crippen LogP contribution in [0.15, 0.2) is 37.1 Å². The van der Waals surface area contributed by atoms with Crippen LogP contribution >= 0.6 is 11.8 Å². The summed E-state index contributed by atoms with van der Waals surface area (Å²) >= 11 is 1.72. The summed E-state index contributed by atoms with van der Waals surface area (Å²) in [5.74, 6) is 0. The van der Waals surface area contributed by atoms with Gasteiger partial charge in [0, 0.05) is 24.2 Å². The highest BCUT2D eigenvalue weighted by molar-refractivity contribution is 7.99. The van der Waals surface area contributed by atoms with Crippen molar-refractivity contribution in [2.24, 2.45) is 0 Å². The number of thioether (sulfide) groups is 1. The minimum Gasteiger partial charge on any atom is -0.398 e. The first kappa shape index (κ1) is 17.2. The summed E-state index contributed by atoms with van der Waals surface area (Å²) < 4.78 is 0. The molecular formula is C17H23N3S. The van der Waals surface area contributed by atoms with Crippen LogP contribution in [0.3, 0.4) is 0 Å². The molecule has 0 aliphatic heterocycles. The van der Waals surface area contributed by atoms with Crippen molar-refractivity contribution >= 4 is 23.0 Å². The number of nitriles is 1. The van der Waals surface area contributed by atoms with E-state index in [0.29, 0.717) is 12.8 Å². The lowest BCUT2D eigenvalue weighted by atomic mass is 10.0. The van der Waals surface area contributed by atoms with Crippen LogP contribution in [0.4, 0.5) is 5.69 Å². The van der Waals surface area contributed by atoms with Crippen LogP contribution in [-0.4, -0.2) is 11.6 Å². The number of hydrogen-bond acceptors (Lipinski definition) is 4. The Kier molecular flexibility index (Phi) is 6.90. The highest BCUT2D eigenvalue weighted by atomic mass is 32.2. The van der Waals surface area contributed by atoms with E-state index < -0.39 is 0 Å². The van der Waals surface area contributed by atoms with Crippen LogP contribution < -0.4 is 11.1 Å². The van der Waals surface area contributed by atoms with Crippen LogP contribution in [0.1, 0.15) is 30.9 Å². The summed E-state index contributed by atoms with van der Waals surface area (Å²) in [7, 11) is 0. The van der Waals surface area contributed by atoms with Crippen LogP contribution in [0.2, 0.25) is 0 Å². The number of nitrogens with two attached hydrogens (primary N) is 1. The summed E-state index contributed by atoms with van der Waals surface area (Å²) in [6.45, 7) is 9.89. The Morgan fingerprint density at radius 3 is 2.76 bits per heavy atom. The highest BCUT2D eigenvalue weighted by Crippen LogP contribution is 2.26. The third-order valence-corrected chi connectivity index (χ3v) is 4.10. The van der Waals surface area contributed by atoms with Gasteiger partial charge in [-0.15, -0.1) is 11.8 Å². The molecule has 0 heterocycles. The van der Waals surface area contributed by atoms with Gasteiger partial charge < -0.3 is 11.1 Å². The molecule has 0 saturated carbocycles. The average molecular weight is 301 g/mol. The molecule has 1 rings (SSSR count). The van der Waals surface area contributed by atoms with E-state index in [1.54, 1.807) is 11.8 Å². The fourth-order valence-corrected chi connectivity index (χ4v) is 2.69. The molecule has 3 N–H and O–H groups in total. The van der Waals surface area contributed by atoms with Gasteiger partial charge in [0.25, 0.3) is 0 Å². The van der Waals surface area contributed by atoms with E-state index in [1.807, 2.05) is 31.4 Å². The van der Waals surface area contributed by atoms with Crippen LogP contribution in [0, 0.1) is 11.3 Å². The third kappa shape index (κ3) is 5.20. The third-order valence-electron chi connectivity index (χ3n) is 3.25. The van der Waals surface area contributed by atoms with Crippen molar-refractivity contribution < 1.29 is 0 Å². The van der Waals surface area contributed by atoms with Crippen LogP contribution in [-0.2, 0) is 6.42 Å². The molecule has 0 radical (unpaired) electrons. The van der Waals surface area contributed by atoms with Crippen molar-refractivity contribution in [1.82, 2.24) is 5.32 Å². The van der Waals surface area contributed by atoms with Crippen molar-refractivity contribution in [2.75, 3.05) is 12.0 Å². The molecule has 3 nitrogen and oxygen atoms in total. The summed E-state index contributed by atoms with van der Waals surface area (Å²) in [4.78, 5) is 0. The molecule has 0 aromatic heterocycles. The van der Waals surface area contributed by atoms with Gasteiger partial charge in [-0.05, 0) is 36.3 Å². The molecule has 0 saturated heterocycles. The Balaban J connectivity index is 2.78. The lowest BCUT2D eigenvalue weighted by Crippen LogP contribution is -2.27. The van der Waals surface area contributed by atoms with Gasteiger partial charge in [0.2, 0.25) is 0 Å². The molecule has 0 aliphatic rings. The number of nitrogens with zero attached hydrogens (tertiary/aromatic N) is 1.